The van der Waals surface area contributed by atoms with Gasteiger partial charge in [0.25, 0.3) is 0 Å². The Labute approximate surface area is 90.3 Å². The Morgan fingerprint density at radius 3 is 2.36 bits per heavy atom. The van der Waals surface area contributed by atoms with Crippen LogP contribution in [0, 0.1) is 0 Å². The average Bonchev–Trinajstić information content (AvgIpc) is 2.10. The number of nitrogen functional groups attached to an aromatic ring is 2. The Kier molecular flexibility index (Phi) is 3.35. The van der Waals surface area contributed by atoms with Crippen LogP contribution in [0.1, 0.15) is 5.56 Å². The van der Waals surface area contributed by atoms with Crippen LogP contribution in [0.4, 0.5) is 11.4 Å². The molecule has 5 heteroatoms. The number of hydrogen-bond donors (Lipinski definition) is 2. The molecule has 0 atom stereocenters. The maximum atomic E-state index is 11.0. The van der Waals surface area contributed by atoms with Crippen molar-refractivity contribution in [2.75, 3.05) is 18.6 Å². The van der Waals surface area contributed by atoms with Crippen LogP contribution in [-0.2, 0) is 16.0 Å². The molecule has 0 amide bonds. The van der Waals surface area contributed by atoms with E-state index in [-0.39, 0.29) is 12.4 Å². The first-order valence-electron chi connectivity index (χ1n) is 3.94. The highest BCUT2D eigenvalue weighted by molar-refractivity contribution is 9.10. The highest BCUT2D eigenvalue weighted by Crippen LogP contribution is 2.25. The van der Waals surface area contributed by atoms with Crippen LogP contribution in [0.15, 0.2) is 16.6 Å². The predicted molar refractivity (Wildman–Crippen MR) is 58.7 cm³/mol. The van der Waals surface area contributed by atoms with E-state index < -0.39 is 0 Å². The van der Waals surface area contributed by atoms with E-state index in [1.54, 1.807) is 12.1 Å². The van der Waals surface area contributed by atoms with E-state index >= 15 is 0 Å². The summed E-state index contributed by atoms with van der Waals surface area (Å²) in [6, 6.07) is 3.41. The van der Waals surface area contributed by atoms with Gasteiger partial charge in [0.2, 0.25) is 0 Å². The van der Waals surface area contributed by atoms with Crippen LogP contribution in [-0.4, -0.2) is 13.1 Å². The molecule has 0 aliphatic carbocycles. The zero-order chi connectivity index (χ0) is 10.7. The smallest absolute Gasteiger partial charge is 0.310 e. The summed E-state index contributed by atoms with van der Waals surface area (Å²) in [4.78, 5) is 11.0. The lowest BCUT2D eigenvalue weighted by molar-refractivity contribution is -0.139. The van der Waals surface area contributed by atoms with Crippen LogP contribution in [0.2, 0.25) is 0 Å². The molecule has 0 aromatic heterocycles. The fraction of sp³-hybridized carbons (Fsp3) is 0.222. The van der Waals surface area contributed by atoms with Gasteiger partial charge in [0.15, 0.2) is 0 Å². The van der Waals surface area contributed by atoms with Crippen molar-refractivity contribution in [2.45, 2.75) is 6.42 Å². The van der Waals surface area contributed by atoms with Gasteiger partial charge in [-0.25, -0.2) is 0 Å². The monoisotopic (exact) mass is 258 g/mol. The summed E-state index contributed by atoms with van der Waals surface area (Å²) in [5.41, 5.74) is 13.0. The Bertz CT molecular complexity index is 343. The Hall–Kier alpha value is -1.23. The minimum atomic E-state index is -0.356. The molecule has 0 bridgehead atoms. The predicted octanol–water partition coefficient (Wildman–Crippen LogP) is 1.33. The molecule has 4 nitrogen and oxygen atoms in total. The number of rotatable bonds is 2. The number of methoxy groups -OCH3 is 1. The topological polar surface area (TPSA) is 78.3 Å². The molecular formula is C9H11BrN2O2. The normalized spacial score (nSPS) is 9.86. The molecule has 0 unspecified atom stereocenters. The van der Waals surface area contributed by atoms with Crippen molar-refractivity contribution >= 4 is 33.3 Å². The van der Waals surface area contributed by atoms with Crippen molar-refractivity contribution in [1.29, 1.82) is 0 Å². The molecule has 0 aliphatic rings. The summed E-state index contributed by atoms with van der Waals surface area (Å²) in [6.45, 7) is 0. The molecule has 4 N–H and O–H groups in total. The number of esters is 1. The summed E-state index contributed by atoms with van der Waals surface area (Å²) in [6.07, 6.45) is 0.0987. The second-order valence-electron chi connectivity index (χ2n) is 2.82. The SMILES string of the molecule is COC(=O)Cc1c(N)cc(Br)cc1N. The number of benzene rings is 1. The maximum absolute atomic E-state index is 11.0. The molecule has 0 spiro atoms. The minimum Gasteiger partial charge on any atom is -0.469 e. The molecule has 0 saturated carbocycles. The largest absolute Gasteiger partial charge is 0.469 e. The van der Waals surface area contributed by atoms with Crippen molar-refractivity contribution in [3.8, 4) is 0 Å². The fourth-order valence-electron chi connectivity index (χ4n) is 1.10. The molecule has 1 rings (SSSR count). The Morgan fingerprint density at radius 1 is 1.43 bits per heavy atom. The third-order valence-electron chi connectivity index (χ3n) is 1.83. The van der Waals surface area contributed by atoms with Gasteiger partial charge in [0.1, 0.15) is 0 Å². The first-order valence-corrected chi connectivity index (χ1v) is 4.74. The standard InChI is InChI=1S/C9H11BrN2O2/c1-14-9(13)4-6-7(11)2-5(10)3-8(6)12/h2-3H,4,11-12H2,1H3. The van der Waals surface area contributed by atoms with Gasteiger partial charge < -0.3 is 16.2 Å². The molecule has 0 fully saturated rings. The third-order valence-corrected chi connectivity index (χ3v) is 2.29. The second kappa shape index (κ2) is 4.32. The van der Waals surface area contributed by atoms with Crippen molar-refractivity contribution in [2.24, 2.45) is 0 Å². The maximum Gasteiger partial charge on any atom is 0.310 e. The van der Waals surface area contributed by atoms with Gasteiger partial charge in [-0.15, -0.1) is 0 Å². The third kappa shape index (κ3) is 2.38. The highest BCUT2D eigenvalue weighted by atomic mass is 79.9. The molecule has 76 valence electrons. The van der Waals surface area contributed by atoms with E-state index in [2.05, 4.69) is 20.7 Å². The van der Waals surface area contributed by atoms with Gasteiger partial charge in [0.05, 0.1) is 13.5 Å². The van der Waals surface area contributed by atoms with E-state index in [0.29, 0.717) is 16.9 Å². The van der Waals surface area contributed by atoms with Crippen LogP contribution in [0.3, 0.4) is 0 Å². The van der Waals surface area contributed by atoms with Crippen molar-refractivity contribution in [3.63, 3.8) is 0 Å². The van der Waals surface area contributed by atoms with Gasteiger partial charge in [0, 0.05) is 21.4 Å². The summed E-state index contributed by atoms with van der Waals surface area (Å²) < 4.78 is 5.33. The van der Waals surface area contributed by atoms with Crippen LogP contribution in [0.25, 0.3) is 0 Å². The molecule has 1 aromatic carbocycles. The quantitative estimate of drug-likeness (QED) is 0.620. The zero-order valence-corrected chi connectivity index (χ0v) is 9.30. The molecule has 0 radical (unpaired) electrons. The van der Waals surface area contributed by atoms with E-state index in [0.717, 1.165) is 4.47 Å². The number of carbonyl (C=O) groups excluding carboxylic acids is 1. The van der Waals surface area contributed by atoms with Crippen LogP contribution in [0.5, 0.6) is 0 Å². The Morgan fingerprint density at radius 2 is 1.93 bits per heavy atom. The first kappa shape index (κ1) is 10.8. The highest BCUT2D eigenvalue weighted by Gasteiger charge is 2.10. The van der Waals surface area contributed by atoms with Gasteiger partial charge in [-0.1, -0.05) is 15.9 Å². The average molecular weight is 259 g/mol. The number of nitrogens with two attached hydrogens (primary N) is 2. The van der Waals surface area contributed by atoms with Crippen molar-refractivity contribution < 1.29 is 9.53 Å². The number of carbonyl (C=O) groups is 1. The summed E-state index contributed by atoms with van der Waals surface area (Å²) >= 11 is 3.25. The van der Waals surface area contributed by atoms with Gasteiger partial charge in [-0.05, 0) is 12.1 Å². The summed E-state index contributed by atoms with van der Waals surface area (Å²) in [7, 11) is 1.33. The van der Waals surface area contributed by atoms with E-state index in [1.165, 1.54) is 7.11 Å². The van der Waals surface area contributed by atoms with Gasteiger partial charge >= 0.3 is 5.97 Å². The number of halogens is 1. The molecule has 0 aliphatic heterocycles. The minimum absolute atomic E-state index is 0.0987. The first-order chi connectivity index (χ1) is 6.54. The lowest BCUT2D eigenvalue weighted by Crippen LogP contribution is -2.09. The number of ether oxygens (including phenoxy) is 1. The van der Waals surface area contributed by atoms with Gasteiger partial charge in [-0.2, -0.15) is 0 Å². The molecular weight excluding hydrogens is 248 g/mol. The van der Waals surface area contributed by atoms with Gasteiger partial charge in [-0.3, -0.25) is 4.79 Å². The van der Waals surface area contributed by atoms with Crippen molar-refractivity contribution in [1.82, 2.24) is 0 Å². The van der Waals surface area contributed by atoms with Crippen LogP contribution >= 0.6 is 15.9 Å². The number of anilines is 2. The lowest BCUT2D eigenvalue weighted by atomic mass is 10.1. The van der Waals surface area contributed by atoms with E-state index in [9.17, 15) is 4.79 Å². The van der Waals surface area contributed by atoms with E-state index in [1.807, 2.05) is 0 Å². The van der Waals surface area contributed by atoms with E-state index in [4.69, 9.17) is 11.5 Å². The summed E-state index contributed by atoms with van der Waals surface area (Å²) in [5, 5.41) is 0. The zero-order valence-electron chi connectivity index (χ0n) is 7.71. The molecule has 1 aromatic rings. The molecule has 0 heterocycles. The van der Waals surface area contributed by atoms with Crippen molar-refractivity contribution in [3.05, 3.63) is 22.2 Å². The second-order valence-corrected chi connectivity index (χ2v) is 3.73. The summed E-state index contributed by atoms with van der Waals surface area (Å²) in [5.74, 6) is -0.356. The van der Waals surface area contributed by atoms with Crippen LogP contribution < -0.4 is 11.5 Å². The Balaban J connectivity index is 3.02. The number of hydrogen-bond acceptors (Lipinski definition) is 4. The molecule has 0 saturated heterocycles. The fourth-order valence-corrected chi connectivity index (χ4v) is 1.59. The molecule has 14 heavy (non-hydrogen) atoms. The lowest BCUT2D eigenvalue weighted by Gasteiger charge is -2.08.